The number of hydrogen-bond donors (Lipinski definition) is 0. The molecule has 0 saturated heterocycles. The second-order valence-corrected chi connectivity index (χ2v) is 12.1. The Labute approximate surface area is 198 Å². The molecule has 6 nitrogen and oxygen atoms in total. The van der Waals surface area contributed by atoms with Gasteiger partial charge in [0.15, 0.2) is 9.84 Å². The third-order valence-corrected chi connectivity index (χ3v) is 9.33. The maximum absolute atomic E-state index is 13.4. The van der Waals surface area contributed by atoms with Crippen molar-refractivity contribution in [2.45, 2.75) is 27.3 Å². The van der Waals surface area contributed by atoms with Crippen LogP contribution in [0.15, 0.2) is 107 Å². The summed E-state index contributed by atoms with van der Waals surface area (Å²) >= 11 is 5.92. The molecule has 0 amide bonds. The molecular weight excluding hydrogens is 480 g/mol. The Hall–Kier alpha value is -2.94. The van der Waals surface area contributed by atoms with Gasteiger partial charge in [-0.25, -0.2) is 21.8 Å². The van der Waals surface area contributed by atoms with E-state index in [1.165, 1.54) is 24.3 Å². The molecule has 3 aromatic carbocycles. The van der Waals surface area contributed by atoms with Gasteiger partial charge >= 0.3 is 0 Å². The van der Waals surface area contributed by atoms with Gasteiger partial charge in [0.1, 0.15) is 5.25 Å². The number of aromatic nitrogens is 2. The summed E-state index contributed by atoms with van der Waals surface area (Å²) in [5, 5.41) is -0.364. The van der Waals surface area contributed by atoms with Gasteiger partial charge in [0.05, 0.1) is 21.9 Å². The average molecular weight is 501 g/mol. The van der Waals surface area contributed by atoms with Gasteiger partial charge in [-0.2, -0.15) is 0 Å². The van der Waals surface area contributed by atoms with E-state index in [1.54, 1.807) is 77.9 Å². The summed E-state index contributed by atoms with van der Waals surface area (Å²) in [5.41, 5.74) is 1.13. The lowest BCUT2D eigenvalue weighted by molar-refractivity contribution is 0.561. The Morgan fingerprint density at radius 2 is 1.45 bits per heavy atom. The van der Waals surface area contributed by atoms with E-state index in [0.717, 1.165) is 0 Å². The zero-order chi connectivity index (χ0) is 23.5. The molecule has 1 heterocycles. The Bertz CT molecular complexity index is 1420. The molecule has 9 heteroatoms. The Morgan fingerprint density at radius 1 is 0.818 bits per heavy atom. The first-order valence-corrected chi connectivity index (χ1v) is 13.7. The fourth-order valence-electron chi connectivity index (χ4n) is 3.52. The Balaban J connectivity index is 1.68. The first kappa shape index (κ1) is 23.2. The second-order valence-electron chi connectivity index (χ2n) is 7.57. The van der Waals surface area contributed by atoms with Gasteiger partial charge in [-0.05, 0) is 47.5 Å². The van der Waals surface area contributed by atoms with Crippen LogP contribution in [0.2, 0.25) is 5.02 Å². The lowest BCUT2D eigenvalue weighted by Gasteiger charge is -2.19. The molecule has 4 aromatic rings. The largest absolute Gasteiger partial charge is 0.336 e. The van der Waals surface area contributed by atoms with Gasteiger partial charge in [-0.1, -0.05) is 54.1 Å². The molecule has 0 saturated carbocycles. The summed E-state index contributed by atoms with van der Waals surface area (Å²) in [6, 6.07) is 20.8. The number of nitrogens with zero attached hydrogens (tertiary/aromatic N) is 2. The van der Waals surface area contributed by atoms with E-state index in [4.69, 9.17) is 11.6 Å². The van der Waals surface area contributed by atoms with Gasteiger partial charge in [-0.3, -0.25) is 0 Å². The molecule has 0 aliphatic heterocycles. The second kappa shape index (κ2) is 9.51. The predicted molar refractivity (Wildman–Crippen MR) is 127 cm³/mol. The van der Waals surface area contributed by atoms with Crippen LogP contribution in [-0.4, -0.2) is 26.4 Å². The summed E-state index contributed by atoms with van der Waals surface area (Å²) in [6.45, 7) is 0.153. The first-order valence-electron chi connectivity index (χ1n) is 10.1. The van der Waals surface area contributed by atoms with E-state index in [-0.39, 0.29) is 22.1 Å². The van der Waals surface area contributed by atoms with Crippen molar-refractivity contribution in [3.05, 3.63) is 114 Å². The van der Waals surface area contributed by atoms with Crippen LogP contribution in [0.5, 0.6) is 0 Å². The minimum absolute atomic E-state index is 0.105. The van der Waals surface area contributed by atoms with Gasteiger partial charge < -0.3 is 4.57 Å². The molecule has 0 fully saturated rings. The van der Waals surface area contributed by atoms with Crippen LogP contribution in [0.3, 0.4) is 0 Å². The quantitative estimate of drug-likeness (QED) is 0.349. The van der Waals surface area contributed by atoms with Crippen molar-refractivity contribution in [3.8, 4) is 0 Å². The van der Waals surface area contributed by atoms with E-state index in [2.05, 4.69) is 4.98 Å². The number of sulfone groups is 2. The highest BCUT2D eigenvalue weighted by atomic mass is 35.5. The van der Waals surface area contributed by atoms with Crippen molar-refractivity contribution in [1.29, 1.82) is 0 Å². The van der Waals surface area contributed by atoms with Gasteiger partial charge in [0.25, 0.3) is 0 Å². The fourth-order valence-corrected chi connectivity index (χ4v) is 6.76. The van der Waals surface area contributed by atoms with Crippen LogP contribution < -0.4 is 0 Å². The standard InChI is InChI=1S/C24H21ClN2O4S2/c25-21-10-6-19(7-11-21)17-32(28,29)24(16-27-15-14-26-18-27)20-8-12-23(13-9-20)33(30,31)22-4-2-1-3-5-22/h1-15,18,24H,16-17H2. The van der Waals surface area contributed by atoms with Crippen molar-refractivity contribution >= 4 is 31.3 Å². The molecule has 0 bridgehead atoms. The summed E-state index contributed by atoms with van der Waals surface area (Å²) in [6.07, 6.45) is 4.83. The van der Waals surface area contributed by atoms with E-state index in [0.29, 0.717) is 16.1 Å². The molecule has 0 aliphatic carbocycles. The molecule has 1 unspecified atom stereocenters. The number of rotatable bonds is 8. The van der Waals surface area contributed by atoms with Gasteiger partial charge in [0, 0.05) is 24.0 Å². The SMILES string of the molecule is O=S(=O)(c1ccccc1)c1ccc(C(Cn2ccnc2)S(=O)(=O)Cc2ccc(Cl)cc2)cc1. The van der Waals surface area contributed by atoms with E-state index >= 15 is 0 Å². The molecule has 0 radical (unpaired) electrons. The Morgan fingerprint density at radius 3 is 2.06 bits per heavy atom. The number of benzene rings is 3. The van der Waals surface area contributed by atoms with Crippen LogP contribution in [0.25, 0.3) is 0 Å². The van der Waals surface area contributed by atoms with Crippen molar-refractivity contribution in [2.75, 3.05) is 0 Å². The van der Waals surface area contributed by atoms with Crippen LogP contribution in [0.1, 0.15) is 16.4 Å². The summed E-state index contributed by atoms with van der Waals surface area (Å²) in [5.74, 6) is -0.173. The van der Waals surface area contributed by atoms with E-state index in [9.17, 15) is 16.8 Å². The third kappa shape index (κ3) is 5.35. The maximum atomic E-state index is 13.4. The number of hydrogen-bond acceptors (Lipinski definition) is 5. The molecule has 33 heavy (non-hydrogen) atoms. The van der Waals surface area contributed by atoms with Crippen molar-refractivity contribution in [3.63, 3.8) is 0 Å². The topological polar surface area (TPSA) is 86.1 Å². The highest BCUT2D eigenvalue weighted by molar-refractivity contribution is 7.91. The van der Waals surface area contributed by atoms with Crippen LogP contribution in [-0.2, 0) is 32.0 Å². The monoisotopic (exact) mass is 500 g/mol. The molecular formula is C24H21ClN2O4S2. The summed E-state index contributed by atoms with van der Waals surface area (Å²) < 4.78 is 54.3. The van der Waals surface area contributed by atoms with Crippen molar-refractivity contribution < 1.29 is 16.8 Å². The minimum atomic E-state index is -3.70. The predicted octanol–water partition coefficient (Wildman–Crippen LogP) is 4.73. The average Bonchev–Trinajstić information content (AvgIpc) is 3.33. The van der Waals surface area contributed by atoms with Crippen LogP contribution in [0.4, 0.5) is 0 Å². The smallest absolute Gasteiger partial charge is 0.206 e. The van der Waals surface area contributed by atoms with E-state index in [1.807, 2.05) is 0 Å². The van der Waals surface area contributed by atoms with E-state index < -0.39 is 24.9 Å². The lowest BCUT2D eigenvalue weighted by atomic mass is 10.1. The minimum Gasteiger partial charge on any atom is -0.336 e. The fraction of sp³-hybridized carbons (Fsp3) is 0.125. The molecule has 170 valence electrons. The van der Waals surface area contributed by atoms with Crippen LogP contribution >= 0.6 is 11.6 Å². The maximum Gasteiger partial charge on any atom is 0.206 e. The third-order valence-electron chi connectivity index (χ3n) is 5.27. The normalized spacial score (nSPS) is 13.0. The highest BCUT2D eigenvalue weighted by Gasteiger charge is 2.29. The van der Waals surface area contributed by atoms with Crippen molar-refractivity contribution in [1.82, 2.24) is 9.55 Å². The zero-order valence-corrected chi connectivity index (χ0v) is 19.8. The highest BCUT2D eigenvalue weighted by Crippen LogP contribution is 2.30. The Kier molecular flexibility index (Phi) is 6.69. The molecule has 1 atom stereocenters. The van der Waals surface area contributed by atoms with Crippen molar-refractivity contribution in [2.24, 2.45) is 0 Å². The number of halogens is 1. The molecule has 0 N–H and O–H groups in total. The van der Waals surface area contributed by atoms with Gasteiger partial charge in [-0.15, -0.1) is 0 Å². The van der Waals surface area contributed by atoms with Crippen LogP contribution in [0, 0.1) is 0 Å². The first-order chi connectivity index (χ1) is 15.8. The lowest BCUT2D eigenvalue weighted by Crippen LogP contribution is -2.20. The molecule has 4 rings (SSSR count). The summed E-state index contributed by atoms with van der Waals surface area (Å²) in [4.78, 5) is 4.29. The molecule has 0 spiro atoms. The molecule has 0 aliphatic rings. The van der Waals surface area contributed by atoms with Gasteiger partial charge in [0.2, 0.25) is 9.84 Å². The molecule has 1 aromatic heterocycles. The summed E-state index contributed by atoms with van der Waals surface area (Å²) in [7, 11) is -7.36. The number of imidazole rings is 1. The zero-order valence-electron chi connectivity index (χ0n) is 17.5.